The summed E-state index contributed by atoms with van der Waals surface area (Å²) >= 11 is 0. The van der Waals surface area contributed by atoms with E-state index in [2.05, 4.69) is 68.6 Å². The lowest BCUT2D eigenvalue weighted by atomic mass is 10.0. The van der Waals surface area contributed by atoms with Crippen LogP contribution in [0.5, 0.6) is 0 Å². The Labute approximate surface area is 145 Å². The van der Waals surface area contributed by atoms with Crippen molar-refractivity contribution in [2.45, 2.75) is 27.2 Å². The van der Waals surface area contributed by atoms with Gasteiger partial charge < -0.3 is 0 Å². The molecule has 0 amide bonds. The zero-order chi connectivity index (χ0) is 17.5. The highest BCUT2D eigenvalue weighted by molar-refractivity contribution is 5.63. The molecule has 0 bridgehead atoms. The minimum Gasteiger partial charge on any atom is -0.0911 e. The average molecular weight is 314 g/mol. The van der Waals surface area contributed by atoms with Crippen molar-refractivity contribution in [2.24, 2.45) is 0 Å². The van der Waals surface area contributed by atoms with Gasteiger partial charge >= 0.3 is 0 Å². The van der Waals surface area contributed by atoms with E-state index in [4.69, 9.17) is 0 Å². The van der Waals surface area contributed by atoms with Crippen LogP contribution in [0.25, 0.3) is 24.3 Å². The second kappa shape index (κ2) is 8.31. The number of benzene rings is 3. The fraction of sp³-hybridized carbons (Fsp3) is 0.167. The summed E-state index contributed by atoms with van der Waals surface area (Å²) in [5.74, 6) is 0. The maximum atomic E-state index is 4.17. The van der Waals surface area contributed by atoms with Gasteiger partial charge in [0.25, 0.3) is 0 Å². The van der Waals surface area contributed by atoms with Gasteiger partial charge in [-0.25, -0.2) is 0 Å². The molecule has 3 aromatic carbocycles. The van der Waals surface area contributed by atoms with E-state index >= 15 is 0 Å². The fourth-order valence-corrected chi connectivity index (χ4v) is 2.72. The van der Waals surface area contributed by atoms with Gasteiger partial charge in [-0.3, -0.25) is 0 Å². The van der Waals surface area contributed by atoms with E-state index in [0.717, 1.165) is 27.3 Å². The van der Waals surface area contributed by atoms with Crippen molar-refractivity contribution in [1.82, 2.24) is 0 Å². The van der Waals surface area contributed by atoms with E-state index in [9.17, 15) is 0 Å². The van der Waals surface area contributed by atoms with Crippen molar-refractivity contribution in [3.05, 3.63) is 93.2 Å². The molecule has 0 heteroatoms. The van der Waals surface area contributed by atoms with E-state index in [1.807, 2.05) is 32.0 Å². The van der Waals surface area contributed by atoms with Crippen LogP contribution in [-0.4, -0.2) is 0 Å². The maximum absolute atomic E-state index is 4.17. The summed E-state index contributed by atoms with van der Waals surface area (Å²) in [4.78, 5) is 0. The molecule has 0 aliphatic rings. The van der Waals surface area contributed by atoms with Crippen LogP contribution in [0.3, 0.4) is 0 Å². The van der Waals surface area contributed by atoms with Crippen molar-refractivity contribution in [1.29, 1.82) is 0 Å². The van der Waals surface area contributed by atoms with Gasteiger partial charge in [0.2, 0.25) is 0 Å². The number of hydrogen-bond donors (Lipinski definition) is 0. The van der Waals surface area contributed by atoms with Gasteiger partial charge in [-0.2, -0.15) is 0 Å². The molecule has 0 saturated carbocycles. The van der Waals surface area contributed by atoms with E-state index in [0.29, 0.717) is 0 Å². The van der Waals surface area contributed by atoms with E-state index in [1.165, 1.54) is 16.7 Å². The topological polar surface area (TPSA) is 0 Å². The molecule has 24 heavy (non-hydrogen) atoms. The molecule has 0 radical (unpaired) electrons. The number of rotatable bonds is 2. The molecular formula is C24H26. The Hall–Kier alpha value is -2.60. The second-order valence-corrected chi connectivity index (χ2v) is 5.58. The number of hydrogen-bond acceptors (Lipinski definition) is 0. The summed E-state index contributed by atoms with van der Waals surface area (Å²) in [6, 6.07) is 23.4. The Morgan fingerprint density at radius 1 is 0.667 bits per heavy atom. The predicted octanol–water partition coefficient (Wildman–Crippen LogP) is 5.05. The largest absolute Gasteiger partial charge is 0.0911 e. The van der Waals surface area contributed by atoms with Crippen LogP contribution in [-0.2, 0) is 6.42 Å². The van der Waals surface area contributed by atoms with Crippen LogP contribution < -0.4 is 10.4 Å². The van der Waals surface area contributed by atoms with Crippen molar-refractivity contribution in [3.63, 3.8) is 0 Å². The molecule has 0 saturated heterocycles. The Morgan fingerprint density at radius 2 is 1.25 bits per heavy atom. The van der Waals surface area contributed by atoms with Crippen LogP contribution in [0.15, 0.2) is 66.7 Å². The lowest BCUT2D eigenvalue weighted by molar-refractivity contribution is 1.14. The zero-order valence-electron chi connectivity index (χ0n) is 15.0. The first kappa shape index (κ1) is 17.7. The summed E-state index contributed by atoms with van der Waals surface area (Å²) in [6.07, 6.45) is 1.07. The minimum absolute atomic E-state index is 1.03. The van der Waals surface area contributed by atoms with Gasteiger partial charge in [0.15, 0.2) is 0 Å². The zero-order valence-corrected chi connectivity index (χ0v) is 15.0. The molecule has 0 heterocycles. The summed E-state index contributed by atoms with van der Waals surface area (Å²) < 4.78 is 0. The molecule has 0 unspecified atom stereocenters. The first-order valence-electron chi connectivity index (χ1n) is 8.65. The molecule has 0 N–H and O–H groups in total. The normalized spacial score (nSPS) is 11.5. The minimum atomic E-state index is 1.03. The molecule has 3 rings (SSSR count). The van der Waals surface area contributed by atoms with E-state index < -0.39 is 0 Å². The Balaban J connectivity index is 0.00000100. The van der Waals surface area contributed by atoms with Crippen LogP contribution in [0.2, 0.25) is 0 Å². The SMILES string of the molecule is C=c1cccc/c1=c1\cc(-c2ccc(CC)cc2)ccc1=C.CC. The van der Waals surface area contributed by atoms with E-state index in [-0.39, 0.29) is 0 Å². The third kappa shape index (κ3) is 3.83. The van der Waals surface area contributed by atoms with Crippen molar-refractivity contribution < 1.29 is 0 Å². The fourth-order valence-electron chi connectivity index (χ4n) is 2.72. The van der Waals surface area contributed by atoms with Gasteiger partial charge in [-0.05, 0) is 50.1 Å². The molecule has 0 aromatic heterocycles. The molecule has 122 valence electrons. The average Bonchev–Trinajstić information content (AvgIpc) is 2.65. The van der Waals surface area contributed by atoms with E-state index in [1.54, 1.807) is 0 Å². The first-order chi connectivity index (χ1) is 11.7. The molecule has 3 aromatic rings. The summed E-state index contributed by atoms with van der Waals surface area (Å²) in [7, 11) is 0. The van der Waals surface area contributed by atoms with Crippen molar-refractivity contribution in [2.75, 3.05) is 0 Å². The second-order valence-electron chi connectivity index (χ2n) is 5.58. The predicted molar refractivity (Wildman–Crippen MR) is 107 cm³/mol. The summed E-state index contributed by atoms with van der Waals surface area (Å²) in [5, 5.41) is 4.37. The summed E-state index contributed by atoms with van der Waals surface area (Å²) in [6.45, 7) is 14.5. The van der Waals surface area contributed by atoms with Crippen LogP contribution >= 0.6 is 0 Å². The monoisotopic (exact) mass is 314 g/mol. The molecule has 0 nitrogen and oxygen atoms in total. The van der Waals surface area contributed by atoms with Gasteiger partial charge in [0.05, 0.1) is 0 Å². The van der Waals surface area contributed by atoms with Gasteiger partial charge in [-0.1, -0.05) is 94.6 Å². The third-order valence-corrected chi connectivity index (χ3v) is 4.11. The Kier molecular flexibility index (Phi) is 6.14. The van der Waals surface area contributed by atoms with Crippen molar-refractivity contribution in [3.8, 4) is 11.1 Å². The number of aryl methyl sites for hydroxylation is 1. The highest BCUT2D eigenvalue weighted by Crippen LogP contribution is 2.19. The molecule has 0 fully saturated rings. The summed E-state index contributed by atoms with van der Waals surface area (Å²) in [5.41, 5.74) is 3.81. The Bertz CT molecular complexity index is 979. The van der Waals surface area contributed by atoms with Crippen LogP contribution in [0.4, 0.5) is 0 Å². The molecule has 0 atom stereocenters. The maximum Gasteiger partial charge on any atom is -0.0105 e. The quantitative estimate of drug-likeness (QED) is 0.621. The van der Waals surface area contributed by atoms with Crippen molar-refractivity contribution >= 4 is 13.2 Å². The Morgan fingerprint density at radius 3 is 1.88 bits per heavy atom. The lowest BCUT2D eigenvalue weighted by Crippen LogP contribution is -2.06. The third-order valence-electron chi connectivity index (χ3n) is 4.11. The first-order valence-corrected chi connectivity index (χ1v) is 8.65. The highest BCUT2D eigenvalue weighted by atomic mass is 14.0. The van der Waals surface area contributed by atoms with Crippen LogP contribution in [0.1, 0.15) is 26.3 Å². The van der Waals surface area contributed by atoms with Gasteiger partial charge in [-0.15, -0.1) is 0 Å². The molecule has 0 aliphatic carbocycles. The standard InChI is InChI=1S/C22H20.C2H6/c1-4-18-10-13-19(14-11-18)20-12-9-17(3)22(15-20)21-8-6-5-7-16(21)2;1-2/h5-15H,2-4H2,1H3;1-2H3/b22-21-;. The molecule has 0 spiro atoms. The molecular weight excluding hydrogens is 288 g/mol. The smallest absolute Gasteiger partial charge is 0.0105 e. The van der Waals surface area contributed by atoms with Gasteiger partial charge in [0.1, 0.15) is 0 Å². The van der Waals surface area contributed by atoms with Crippen LogP contribution in [0, 0.1) is 10.4 Å². The van der Waals surface area contributed by atoms with Gasteiger partial charge in [0, 0.05) is 0 Å². The lowest BCUT2D eigenvalue weighted by Gasteiger charge is -2.04. The molecule has 0 aliphatic heterocycles. The highest BCUT2D eigenvalue weighted by Gasteiger charge is 1.98.